The molecule has 0 aliphatic heterocycles. The van der Waals surface area contributed by atoms with Crippen molar-refractivity contribution >= 4 is 46.6 Å². The molecular weight excluding hydrogens is 350 g/mol. The summed E-state index contributed by atoms with van der Waals surface area (Å²) in [6, 6.07) is 0. The van der Waals surface area contributed by atoms with Gasteiger partial charge in [-0.15, -0.1) is 24.0 Å². The Morgan fingerprint density at radius 2 is 1.80 bits per heavy atom. The molecule has 0 saturated heterocycles. The lowest BCUT2D eigenvalue weighted by Gasteiger charge is -2.30. The van der Waals surface area contributed by atoms with Crippen molar-refractivity contribution in [2.75, 3.05) is 0 Å². The van der Waals surface area contributed by atoms with Crippen LogP contribution in [-0.2, 0) is 0 Å². The van der Waals surface area contributed by atoms with Gasteiger partial charge in [0.15, 0.2) is 0 Å². The molecule has 1 aliphatic rings. The van der Waals surface area contributed by atoms with Gasteiger partial charge in [-0.05, 0) is 18.3 Å². The van der Waals surface area contributed by atoms with Crippen molar-refractivity contribution in [3.05, 3.63) is 0 Å². The van der Waals surface area contributed by atoms with Gasteiger partial charge in [0, 0.05) is 3.92 Å². The molecule has 1 aliphatic carbocycles. The lowest BCUT2D eigenvalue weighted by atomic mass is 9.82. The van der Waals surface area contributed by atoms with Crippen molar-refractivity contribution in [1.29, 1.82) is 0 Å². The number of hydrogen-bond acceptors (Lipinski definition) is 0. The quantitative estimate of drug-likeness (QED) is 0.451. The smallest absolute Gasteiger partial charge is 0.0138 e. The van der Waals surface area contributed by atoms with Gasteiger partial charge >= 0.3 is 0 Å². The van der Waals surface area contributed by atoms with Crippen LogP contribution in [0.3, 0.4) is 0 Å². The van der Waals surface area contributed by atoms with Crippen molar-refractivity contribution in [3.63, 3.8) is 0 Å². The fraction of sp³-hybridized carbons (Fsp3) is 1.00. The maximum absolute atomic E-state index is 2.60. The standard InChI is InChI=1S/C8H15I.HI/c1-6-4-3-5-8(9)7(6)2;/h6-8H,3-5H2,1-2H3;1H. The molecule has 0 aromatic heterocycles. The van der Waals surface area contributed by atoms with Gasteiger partial charge in [-0.1, -0.05) is 49.3 Å². The topological polar surface area (TPSA) is 0 Å². The van der Waals surface area contributed by atoms with Gasteiger partial charge in [0.05, 0.1) is 0 Å². The van der Waals surface area contributed by atoms with E-state index in [1.807, 2.05) is 0 Å². The van der Waals surface area contributed by atoms with Gasteiger partial charge in [-0.25, -0.2) is 0 Å². The van der Waals surface area contributed by atoms with Crippen LogP contribution >= 0.6 is 46.6 Å². The summed E-state index contributed by atoms with van der Waals surface area (Å²) in [5, 5.41) is 0. The van der Waals surface area contributed by atoms with Crippen LogP contribution in [0.15, 0.2) is 0 Å². The van der Waals surface area contributed by atoms with Crippen LogP contribution in [0.5, 0.6) is 0 Å². The Labute approximate surface area is 94.7 Å². The predicted octanol–water partition coefficient (Wildman–Crippen LogP) is 3.86. The lowest BCUT2D eigenvalue weighted by Crippen LogP contribution is -2.23. The zero-order chi connectivity index (χ0) is 6.85. The Morgan fingerprint density at radius 3 is 2.20 bits per heavy atom. The third-order valence-electron chi connectivity index (χ3n) is 2.61. The van der Waals surface area contributed by atoms with Gasteiger partial charge < -0.3 is 0 Å². The minimum absolute atomic E-state index is 0. The Morgan fingerprint density at radius 1 is 1.20 bits per heavy atom. The van der Waals surface area contributed by atoms with Crippen LogP contribution in [-0.4, -0.2) is 3.92 Å². The molecule has 0 heterocycles. The van der Waals surface area contributed by atoms with E-state index >= 15 is 0 Å². The van der Waals surface area contributed by atoms with Gasteiger partial charge in [0.2, 0.25) is 0 Å². The van der Waals surface area contributed by atoms with E-state index in [-0.39, 0.29) is 24.0 Å². The Kier molecular flexibility index (Phi) is 5.92. The summed E-state index contributed by atoms with van der Waals surface area (Å²) in [6.45, 7) is 4.77. The average Bonchev–Trinajstić information content (AvgIpc) is 1.83. The summed E-state index contributed by atoms with van der Waals surface area (Å²) < 4.78 is 0.950. The van der Waals surface area contributed by atoms with Crippen LogP contribution in [0.1, 0.15) is 33.1 Å². The molecule has 62 valence electrons. The highest BCUT2D eigenvalue weighted by atomic mass is 127. The second-order valence-electron chi connectivity index (χ2n) is 3.28. The molecule has 0 radical (unpaired) electrons. The van der Waals surface area contributed by atoms with Crippen LogP contribution in [0, 0.1) is 11.8 Å². The molecule has 10 heavy (non-hydrogen) atoms. The van der Waals surface area contributed by atoms with Crippen molar-refractivity contribution in [2.45, 2.75) is 37.0 Å². The van der Waals surface area contributed by atoms with Crippen molar-refractivity contribution < 1.29 is 0 Å². The lowest BCUT2D eigenvalue weighted by molar-refractivity contribution is 0.295. The molecule has 0 aromatic carbocycles. The van der Waals surface area contributed by atoms with Gasteiger partial charge in [0.25, 0.3) is 0 Å². The molecule has 2 heteroatoms. The monoisotopic (exact) mass is 366 g/mol. The third-order valence-corrected chi connectivity index (χ3v) is 4.36. The van der Waals surface area contributed by atoms with Crippen molar-refractivity contribution in [1.82, 2.24) is 0 Å². The maximum Gasteiger partial charge on any atom is 0.0138 e. The fourth-order valence-electron chi connectivity index (χ4n) is 1.52. The van der Waals surface area contributed by atoms with Crippen LogP contribution < -0.4 is 0 Å². The first-order chi connectivity index (χ1) is 4.22. The average molecular weight is 366 g/mol. The first kappa shape index (κ1) is 11.5. The maximum atomic E-state index is 2.60. The van der Waals surface area contributed by atoms with Crippen LogP contribution in [0.25, 0.3) is 0 Å². The highest BCUT2D eigenvalue weighted by Gasteiger charge is 2.24. The SMILES string of the molecule is CC1CCCC(I)C1C.I. The summed E-state index contributed by atoms with van der Waals surface area (Å²) in [4.78, 5) is 0. The Bertz CT molecular complexity index is 83.3. The second kappa shape index (κ2) is 5.17. The molecule has 0 bridgehead atoms. The van der Waals surface area contributed by atoms with E-state index in [1.165, 1.54) is 19.3 Å². The zero-order valence-electron chi connectivity index (χ0n) is 6.64. The molecule has 0 nitrogen and oxygen atoms in total. The van der Waals surface area contributed by atoms with E-state index in [2.05, 4.69) is 36.4 Å². The Balaban J connectivity index is 0.000000810. The molecule has 3 unspecified atom stereocenters. The van der Waals surface area contributed by atoms with E-state index in [1.54, 1.807) is 0 Å². The fourth-order valence-corrected chi connectivity index (χ4v) is 2.67. The zero-order valence-corrected chi connectivity index (χ0v) is 11.1. The van der Waals surface area contributed by atoms with E-state index in [0.717, 1.165) is 15.8 Å². The summed E-state index contributed by atoms with van der Waals surface area (Å²) in [6.07, 6.45) is 4.37. The molecular formula is C8H16I2. The Hall–Kier alpha value is 1.46. The number of hydrogen-bond donors (Lipinski definition) is 0. The first-order valence-corrected chi connectivity index (χ1v) is 5.10. The molecule has 3 atom stereocenters. The molecule has 1 fully saturated rings. The summed E-state index contributed by atoms with van der Waals surface area (Å²) in [5.41, 5.74) is 0. The molecule has 1 rings (SSSR count). The molecule has 0 amide bonds. The summed E-state index contributed by atoms with van der Waals surface area (Å²) in [5.74, 6) is 1.93. The van der Waals surface area contributed by atoms with E-state index in [4.69, 9.17) is 0 Å². The number of halogens is 2. The van der Waals surface area contributed by atoms with E-state index in [0.29, 0.717) is 0 Å². The van der Waals surface area contributed by atoms with Gasteiger partial charge in [-0.2, -0.15) is 0 Å². The van der Waals surface area contributed by atoms with Gasteiger partial charge in [0.1, 0.15) is 0 Å². The highest BCUT2D eigenvalue weighted by molar-refractivity contribution is 14.1. The molecule has 0 aromatic rings. The van der Waals surface area contributed by atoms with E-state index < -0.39 is 0 Å². The number of rotatable bonds is 0. The third kappa shape index (κ3) is 2.83. The molecule has 1 saturated carbocycles. The molecule has 0 N–H and O–H groups in total. The summed E-state index contributed by atoms with van der Waals surface area (Å²) in [7, 11) is 0. The minimum Gasteiger partial charge on any atom is -0.107 e. The summed E-state index contributed by atoms with van der Waals surface area (Å²) >= 11 is 2.60. The predicted molar refractivity (Wildman–Crippen MR) is 65.4 cm³/mol. The second-order valence-corrected chi connectivity index (χ2v) is 4.88. The van der Waals surface area contributed by atoms with E-state index in [9.17, 15) is 0 Å². The van der Waals surface area contributed by atoms with Crippen LogP contribution in [0.4, 0.5) is 0 Å². The van der Waals surface area contributed by atoms with Crippen molar-refractivity contribution in [3.8, 4) is 0 Å². The number of alkyl halides is 1. The molecule has 0 spiro atoms. The van der Waals surface area contributed by atoms with Crippen molar-refractivity contribution in [2.24, 2.45) is 11.8 Å². The first-order valence-electron chi connectivity index (χ1n) is 3.86. The minimum atomic E-state index is 0. The van der Waals surface area contributed by atoms with Crippen LogP contribution in [0.2, 0.25) is 0 Å². The highest BCUT2D eigenvalue weighted by Crippen LogP contribution is 2.33. The normalized spacial score (nSPS) is 40.5. The van der Waals surface area contributed by atoms with Gasteiger partial charge in [-0.3, -0.25) is 0 Å². The largest absolute Gasteiger partial charge is 0.107 e.